The highest BCUT2D eigenvalue weighted by atomic mass is 35.5. The van der Waals surface area contributed by atoms with Crippen molar-refractivity contribution in [2.45, 2.75) is 37.5 Å². The molecule has 2 N–H and O–H groups in total. The fourth-order valence-corrected chi connectivity index (χ4v) is 7.64. The Kier molecular flexibility index (Phi) is 15.8. The first-order chi connectivity index (χ1) is 27.0. The summed E-state index contributed by atoms with van der Waals surface area (Å²) in [6.45, 7) is 5.67. The quantitative estimate of drug-likeness (QED) is 0.0632. The molecule has 0 bridgehead atoms. The van der Waals surface area contributed by atoms with E-state index >= 15 is 0 Å². The highest BCUT2D eigenvalue weighted by molar-refractivity contribution is 7.92. The molecule has 14 nitrogen and oxygen atoms in total. The Morgan fingerprint density at radius 2 is 1.69 bits per heavy atom. The number of nitrogens with zero attached hydrogens (tertiary/aromatic N) is 5. The van der Waals surface area contributed by atoms with E-state index in [4.69, 9.17) is 9.47 Å². The van der Waals surface area contributed by atoms with Gasteiger partial charge in [-0.25, -0.2) is 22.9 Å². The number of aromatic nitrogens is 2. The number of isocyanates is 1. The number of fused-ring (bicyclic) bond motifs is 1. The zero-order chi connectivity index (χ0) is 39.8. The number of unbranched alkanes of at least 4 members (excludes halogenated alkanes) is 2. The van der Waals surface area contributed by atoms with Gasteiger partial charge in [0.15, 0.2) is 5.75 Å². The molecule has 4 aromatic carbocycles. The van der Waals surface area contributed by atoms with Gasteiger partial charge in [-0.15, -0.1) is 24.8 Å². The number of aliphatic imine (C=N–C) groups is 1. The van der Waals surface area contributed by atoms with Gasteiger partial charge in [-0.05, 0) is 81.3 Å². The van der Waals surface area contributed by atoms with Crippen LogP contribution in [0.4, 0.5) is 17.3 Å². The summed E-state index contributed by atoms with van der Waals surface area (Å²) in [5.74, 6) is 0.362. The van der Waals surface area contributed by atoms with Gasteiger partial charge in [-0.3, -0.25) is 9.59 Å². The van der Waals surface area contributed by atoms with Crippen LogP contribution in [0, 0.1) is 6.92 Å². The number of imidazole rings is 1. The number of para-hydroxylation sites is 1. The highest BCUT2D eigenvalue weighted by Crippen LogP contribution is 2.43. The van der Waals surface area contributed by atoms with Gasteiger partial charge in [0.1, 0.15) is 11.4 Å². The first kappa shape index (κ1) is 45.3. The number of rotatable bonds is 15. The third kappa shape index (κ3) is 10.3. The van der Waals surface area contributed by atoms with Crippen molar-refractivity contribution in [3.8, 4) is 22.6 Å². The number of carbonyl (C=O) groups is 2. The second kappa shape index (κ2) is 20.3. The van der Waals surface area contributed by atoms with E-state index in [1.54, 1.807) is 67.7 Å². The van der Waals surface area contributed by atoms with Crippen LogP contribution in [-0.4, -0.2) is 100 Å². The molecule has 308 valence electrons. The van der Waals surface area contributed by atoms with Crippen LogP contribution in [0.5, 0.6) is 11.5 Å². The number of methoxy groups -OCH3 is 1. The van der Waals surface area contributed by atoms with Gasteiger partial charge in [0, 0.05) is 50.8 Å². The molecule has 0 saturated carbocycles. The number of likely N-dealkylation sites (N-methyl/N-ethyl adjacent to an activating group) is 1. The smallest absolute Gasteiger partial charge is 0.264 e. The van der Waals surface area contributed by atoms with Crippen LogP contribution in [0.3, 0.4) is 0 Å². The van der Waals surface area contributed by atoms with Crippen molar-refractivity contribution in [3.05, 3.63) is 90.0 Å². The maximum absolute atomic E-state index is 14.2. The van der Waals surface area contributed by atoms with Crippen molar-refractivity contribution in [2.24, 2.45) is 4.99 Å². The third-order valence-corrected chi connectivity index (χ3v) is 11.1. The van der Waals surface area contributed by atoms with Gasteiger partial charge < -0.3 is 29.2 Å². The summed E-state index contributed by atoms with van der Waals surface area (Å²) in [5, 5.41) is 0. The van der Waals surface area contributed by atoms with Crippen LogP contribution < -0.4 is 19.1 Å². The molecule has 1 aliphatic rings. The molecule has 1 fully saturated rings. The van der Waals surface area contributed by atoms with Crippen LogP contribution in [0.1, 0.15) is 41.6 Å². The lowest BCUT2D eigenvalue weighted by molar-refractivity contribution is -0.132. The number of H-pyrrole nitrogens is 1. The molecular formula is C41H47Cl2N7O7S. The van der Waals surface area contributed by atoms with Gasteiger partial charge in [-0.2, -0.15) is 4.99 Å². The van der Waals surface area contributed by atoms with Gasteiger partial charge >= 0.3 is 0 Å². The Morgan fingerprint density at radius 1 is 0.948 bits per heavy atom. The third-order valence-electron chi connectivity index (χ3n) is 9.74. The molecule has 17 heteroatoms. The number of anilines is 2. The summed E-state index contributed by atoms with van der Waals surface area (Å²) in [6, 6.07) is 22.0. The van der Waals surface area contributed by atoms with Crippen LogP contribution in [0.25, 0.3) is 22.2 Å². The SMILES string of the molecule is COc1c(-c2cccc3[nH]c(NS(=O)(=O)c4ccccc4)nc23)ccc(C(=O)N(C)c2ccc(C)cc2OCCCCCC(=O)N2CCN(C)CC2)c1N=C=O.Cl.Cl. The van der Waals surface area contributed by atoms with E-state index in [0.29, 0.717) is 46.6 Å². The summed E-state index contributed by atoms with van der Waals surface area (Å²) in [6.07, 6.45) is 4.41. The summed E-state index contributed by atoms with van der Waals surface area (Å²) in [4.78, 5) is 55.7. The lowest BCUT2D eigenvalue weighted by Gasteiger charge is -2.32. The van der Waals surface area contributed by atoms with E-state index in [2.05, 4.69) is 31.6 Å². The molecule has 0 unspecified atom stereocenters. The van der Waals surface area contributed by atoms with Crippen LogP contribution in [0.15, 0.2) is 88.8 Å². The van der Waals surface area contributed by atoms with Crippen molar-refractivity contribution in [1.29, 1.82) is 0 Å². The topological polar surface area (TPSA) is 167 Å². The average Bonchev–Trinajstić information content (AvgIpc) is 3.61. The maximum atomic E-state index is 14.2. The summed E-state index contributed by atoms with van der Waals surface area (Å²) in [7, 11) is 1.15. The lowest BCUT2D eigenvalue weighted by Crippen LogP contribution is -2.47. The summed E-state index contributed by atoms with van der Waals surface area (Å²) in [5.41, 5.74) is 3.45. The first-order valence-corrected chi connectivity index (χ1v) is 19.8. The number of benzene rings is 4. The van der Waals surface area contributed by atoms with Crippen molar-refractivity contribution < 1.29 is 32.3 Å². The number of hydrogen-bond donors (Lipinski definition) is 2. The predicted molar refractivity (Wildman–Crippen MR) is 230 cm³/mol. The van der Waals surface area contributed by atoms with Crippen LogP contribution in [0.2, 0.25) is 0 Å². The van der Waals surface area contributed by atoms with Crippen molar-refractivity contribution in [2.75, 3.05) is 63.6 Å². The molecule has 58 heavy (non-hydrogen) atoms. The number of carbonyl (C=O) groups excluding carboxylic acids is 3. The Morgan fingerprint density at radius 3 is 2.40 bits per heavy atom. The molecule has 1 aromatic heterocycles. The monoisotopic (exact) mass is 851 g/mol. The minimum Gasteiger partial charge on any atom is -0.494 e. The van der Waals surface area contributed by atoms with Crippen molar-refractivity contribution in [1.82, 2.24) is 19.8 Å². The number of aryl methyl sites for hydroxylation is 1. The van der Waals surface area contributed by atoms with Crippen LogP contribution in [-0.2, 0) is 19.6 Å². The van der Waals surface area contributed by atoms with E-state index < -0.39 is 15.9 Å². The fourth-order valence-electron chi connectivity index (χ4n) is 6.66. The van der Waals surface area contributed by atoms with Gasteiger partial charge in [0.2, 0.25) is 17.9 Å². The number of aromatic amines is 1. The van der Waals surface area contributed by atoms with E-state index in [1.807, 2.05) is 24.0 Å². The fraction of sp³-hybridized carbons (Fsp3) is 0.317. The van der Waals surface area contributed by atoms with Gasteiger partial charge in [-0.1, -0.05) is 36.4 Å². The number of piperazine rings is 1. The molecule has 1 aliphatic heterocycles. The largest absolute Gasteiger partial charge is 0.494 e. The Hall–Kier alpha value is -5.44. The molecule has 0 spiro atoms. The molecule has 2 heterocycles. The lowest BCUT2D eigenvalue weighted by atomic mass is 9.98. The summed E-state index contributed by atoms with van der Waals surface area (Å²) >= 11 is 0. The molecule has 0 atom stereocenters. The number of ether oxygens (including phenoxy) is 2. The molecule has 0 radical (unpaired) electrons. The predicted octanol–water partition coefficient (Wildman–Crippen LogP) is 7.15. The van der Waals surface area contributed by atoms with Crippen LogP contribution >= 0.6 is 24.8 Å². The zero-order valence-corrected chi connectivity index (χ0v) is 35.1. The minimum absolute atomic E-state index is 0. The molecule has 1 saturated heterocycles. The number of amides is 2. The average molecular weight is 853 g/mol. The molecule has 5 aromatic rings. The second-order valence-corrected chi connectivity index (χ2v) is 15.3. The van der Waals surface area contributed by atoms with Gasteiger partial charge in [0.25, 0.3) is 15.9 Å². The molecular weight excluding hydrogens is 805 g/mol. The minimum atomic E-state index is -3.93. The normalized spacial score (nSPS) is 12.8. The Bertz CT molecular complexity index is 2380. The first-order valence-electron chi connectivity index (χ1n) is 18.3. The highest BCUT2D eigenvalue weighted by Gasteiger charge is 2.26. The molecule has 0 aliphatic carbocycles. The number of hydrogen-bond acceptors (Lipinski definition) is 10. The van der Waals surface area contributed by atoms with Crippen molar-refractivity contribution in [3.63, 3.8) is 0 Å². The number of halogens is 2. The Balaban J connectivity index is 0.00000372. The second-order valence-electron chi connectivity index (χ2n) is 13.6. The Labute approximate surface area is 350 Å². The summed E-state index contributed by atoms with van der Waals surface area (Å²) < 4.78 is 40.5. The molecule has 2 amide bonds. The standard InChI is InChI=1S/C41H45N7O7S.2ClH/c1-28-17-20-34(35(26-28)55-25-10-6-9-16-36(50)48-23-21-46(2)22-24-48)47(3)40(51)32-19-18-31(39(54-4)38(32)42-27-49)30-14-11-15-33-37(30)44-41(43-33)45-56(52,53)29-12-7-5-8-13-29;;/h5,7-8,11-15,17-20,26H,6,9-10,16,21-25H2,1-4H3,(H2,43,44,45);2*1H. The number of nitrogens with one attached hydrogen (secondary N) is 2. The molecule has 6 rings (SSSR count). The van der Waals surface area contributed by atoms with Crippen molar-refractivity contribution >= 4 is 81.1 Å². The maximum Gasteiger partial charge on any atom is 0.264 e. The van der Waals surface area contributed by atoms with Gasteiger partial charge in [0.05, 0.1) is 40.9 Å². The van der Waals surface area contributed by atoms with E-state index in [0.717, 1.165) is 51.0 Å². The number of sulfonamides is 1. The van der Waals surface area contributed by atoms with E-state index in [1.165, 1.54) is 24.1 Å². The van der Waals surface area contributed by atoms with E-state index in [9.17, 15) is 22.8 Å². The van der Waals surface area contributed by atoms with E-state index in [-0.39, 0.29) is 58.6 Å². The zero-order valence-electron chi connectivity index (χ0n) is 32.7.